The molecule has 0 bridgehead atoms. The number of hydrogen-bond acceptors (Lipinski definition) is 4. The molecule has 0 spiro atoms. The van der Waals surface area contributed by atoms with Crippen LogP contribution >= 0.6 is 11.6 Å². The maximum atomic E-state index is 11.9. The Kier molecular flexibility index (Phi) is 5.33. The molecule has 1 aromatic heterocycles. The summed E-state index contributed by atoms with van der Waals surface area (Å²) in [5, 5.41) is 8.74. The highest BCUT2D eigenvalue weighted by Gasteiger charge is 2.20. The fraction of sp³-hybridized carbons (Fsp3) is 0.400. The molecule has 0 amide bonds. The quantitative estimate of drug-likeness (QED) is 0.769. The molecule has 5 nitrogen and oxygen atoms in total. The van der Waals surface area contributed by atoms with Gasteiger partial charge in [0.1, 0.15) is 0 Å². The number of benzene rings is 1. The number of rotatable bonds is 6. The normalized spacial score (nSPS) is 10.6. The van der Waals surface area contributed by atoms with E-state index in [4.69, 9.17) is 16.3 Å². The Morgan fingerprint density at radius 2 is 2.19 bits per heavy atom. The van der Waals surface area contributed by atoms with Crippen molar-refractivity contribution in [1.82, 2.24) is 15.0 Å². The minimum absolute atomic E-state index is 0.306. The lowest BCUT2D eigenvalue weighted by molar-refractivity contribution is 0.0518. The second-order valence-electron chi connectivity index (χ2n) is 4.64. The SMILES string of the molecule is CCCc1c(C(=O)OCC)nnn1Cc1cccc(Cl)c1. The van der Waals surface area contributed by atoms with E-state index in [9.17, 15) is 4.79 Å². The zero-order chi connectivity index (χ0) is 15.2. The molecular weight excluding hydrogens is 290 g/mol. The molecule has 0 aliphatic carbocycles. The van der Waals surface area contributed by atoms with E-state index in [1.54, 1.807) is 11.6 Å². The maximum absolute atomic E-state index is 11.9. The summed E-state index contributed by atoms with van der Waals surface area (Å²) in [6.07, 6.45) is 1.62. The Labute approximate surface area is 128 Å². The van der Waals surface area contributed by atoms with Crippen LogP contribution in [-0.2, 0) is 17.7 Å². The van der Waals surface area contributed by atoms with E-state index in [-0.39, 0.29) is 0 Å². The van der Waals surface area contributed by atoms with Gasteiger partial charge in [-0.3, -0.25) is 0 Å². The Morgan fingerprint density at radius 1 is 1.38 bits per heavy atom. The number of carbonyl (C=O) groups excluding carboxylic acids is 1. The van der Waals surface area contributed by atoms with Crippen LogP contribution in [0, 0.1) is 0 Å². The molecule has 0 aliphatic heterocycles. The molecule has 2 rings (SSSR count). The molecule has 112 valence electrons. The lowest BCUT2D eigenvalue weighted by Gasteiger charge is -2.07. The van der Waals surface area contributed by atoms with Crippen molar-refractivity contribution in [2.24, 2.45) is 0 Å². The molecular formula is C15H18ClN3O2. The van der Waals surface area contributed by atoms with Gasteiger partial charge in [-0.15, -0.1) is 5.10 Å². The van der Waals surface area contributed by atoms with E-state index in [0.717, 1.165) is 24.1 Å². The van der Waals surface area contributed by atoms with Gasteiger partial charge in [0.05, 0.1) is 18.8 Å². The smallest absolute Gasteiger partial charge is 0.360 e. The van der Waals surface area contributed by atoms with Crippen molar-refractivity contribution in [2.75, 3.05) is 6.61 Å². The fourth-order valence-electron chi connectivity index (χ4n) is 2.11. The highest BCUT2D eigenvalue weighted by atomic mass is 35.5. The fourth-order valence-corrected chi connectivity index (χ4v) is 2.32. The van der Waals surface area contributed by atoms with E-state index in [1.807, 2.05) is 31.2 Å². The van der Waals surface area contributed by atoms with Crippen molar-refractivity contribution in [3.05, 3.63) is 46.2 Å². The van der Waals surface area contributed by atoms with Crippen LogP contribution in [0.3, 0.4) is 0 Å². The standard InChI is InChI=1S/C15H18ClN3O2/c1-3-6-13-14(15(20)21-4-2)17-18-19(13)10-11-7-5-8-12(16)9-11/h5,7-9H,3-4,6,10H2,1-2H3. The lowest BCUT2D eigenvalue weighted by atomic mass is 10.2. The minimum Gasteiger partial charge on any atom is -0.461 e. The van der Waals surface area contributed by atoms with E-state index >= 15 is 0 Å². The van der Waals surface area contributed by atoms with Gasteiger partial charge in [-0.05, 0) is 31.0 Å². The van der Waals surface area contributed by atoms with Crippen molar-refractivity contribution in [3.63, 3.8) is 0 Å². The van der Waals surface area contributed by atoms with Crippen LogP contribution in [0.2, 0.25) is 5.02 Å². The second-order valence-corrected chi connectivity index (χ2v) is 5.08. The first-order valence-electron chi connectivity index (χ1n) is 6.99. The molecule has 0 N–H and O–H groups in total. The predicted octanol–water partition coefficient (Wildman–Crippen LogP) is 3.11. The molecule has 0 fully saturated rings. The van der Waals surface area contributed by atoms with Gasteiger partial charge < -0.3 is 4.74 Å². The number of nitrogens with zero attached hydrogens (tertiary/aromatic N) is 3. The molecule has 0 radical (unpaired) electrons. The average molecular weight is 308 g/mol. The van der Waals surface area contributed by atoms with Crippen LogP contribution in [0.4, 0.5) is 0 Å². The minimum atomic E-state index is -0.418. The van der Waals surface area contributed by atoms with E-state index in [0.29, 0.717) is 23.9 Å². The van der Waals surface area contributed by atoms with Gasteiger partial charge in [-0.25, -0.2) is 9.48 Å². The summed E-state index contributed by atoms with van der Waals surface area (Å²) in [5.74, 6) is -0.418. The first kappa shape index (κ1) is 15.5. The van der Waals surface area contributed by atoms with Crippen LogP contribution in [0.5, 0.6) is 0 Å². The molecule has 2 aromatic rings. The zero-order valence-electron chi connectivity index (χ0n) is 12.2. The molecule has 0 atom stereocenters. The third kappa shape index (κ3) is 3.82. The highest BCUT2D eigenvalue weighted by Crippen LogP contribution is 2.15. The van der Waals surface area contributed by atoms with Gasteiger partial charge in [0.25, 0.3) is 0 Å². The molecule has 1 aromatic carbocycles. The molecule has 21 heavy (non-hydrogen) atoms. The van der Waals surface area contributed by atoms with Crippen molar-refractivity contribution in [1.29, 1.82) is 0 Å². The number of hydrogen-bond donors (Lipinski definition) is 0. The summed E-state index contributed by atoms with van der Waals surface area (Å²) < 4.78 is 6.76. The first-order valence-corrected chi connectivity index (χ1v) is 7.37. The van der Waals surface area contributed by atoms with Gasteiger partial charge >= 0.3 is 5.97 Å². The van der Waals surface area contributed by atoms with Crippen LogP contribution in [-0.4, -0.2) is 27.6 Å². The van der Waals surface area contributed by atoms with Crippen molar-refractivity contribution >= 4 is 17.6 Å². The Morgan fingerprint density at radius 3 is 2.86 bits per heavy atom. The Hall–Kier alpha value is -1.88. The zero-order valence-corrected chi connectivity index (χ0v) is 12.9. The Bertz CT molecular complexity index is 625. The summed E-state index contributed by atoms with van der Waals surface area (Å²) in [5.41, 5.74) is 2.12. The number of esters is 1. The van der Waals surface area contributed by atoms with Gasteiger partial charge in [-0.1, -0.05) is 42.3 Å². The van der Waals surface area contributed by atoms with E-state index in [1.165, 1.54) is 0 Å². The molecule has 0 aliphatic rings. The largest absolute Gasteiger partial charge is 0.461 e. The lowest BCUT2D eigenvalue weighted by Crippen LogP contribution is -2.11. The van der Waals surface area contributed by atoms with Gasteiger partial charge in [-0.2, -0.15) is 0 Å². The number of halogens is 1. The second kappa shape index (κ2) is 7.22. The summed E-state index contributed by atoms with van der Waals surface area (Å²) in [6.45, 7) is 4.67. The monoisotopic (exact) mass is 307 g/mol. The van der Waals surface area contributed by atoms with Crippen molar-refractivity contribution in [3.8, 4) is 0 Å². The molecule has 0 saturated carbocycles. The van der Waals surface area contributed by atoms with Gasteiger partial charge in [0.2, 0.25) is 0 Å². The van der Waals surface area contributed by atoms with Crippen molar-refractivity contribution < 1.29 is 9.53 Å². The van der Waals surface area contributed by atoms with E-state index in [2.05, 4.69) is 10.3 Å². The van der Waals surface area contributed by atoms with Crippen LogP contribution < -0.4 is 0 Å². The Balaban J connectivity index is 2.29. The molecule has 6 heteroatoms. The van der Waals surface area contributed by atoms with Gasteiger partial charge in [0, 0.05) is 5.02 Å². The van der Waals surface area contributed by atoms with Crippen LogP contribution in [0.15, 0.2) is 24.3 Å². The van der Waals surface area contributed by atoms with E-state index < -0.39 is 5.97 Å². The van der Waals surface area contributed by atoms with Gasteiger partial charge in [0.15, 0.2) is 5.69 Å². The van der Waals surface area contributed by atoms with Crippen LogP contribution in [0.25, 0.3) is 0 Å². The number of carbonyl (C=O) groups is 1. The first-order chi connectivity index (χ1) is 10.2. The summed E-state index contributed by atoms with van der Waals surface area (Å²) in [7, 11) is 0. The summed E-state index contributed by atoms with van der Waals surface area (Å²) >= 11 is 5.99. The third-order valence-electron chi connectivity index (χ3n) is 3.01. The van der Waals surface area contributed by atoms with Crippen LogP contribution in [0.1, 0.15) is 42.0 Å². The summed E-state index contributed by atoms with van der Waals surface area (Å²) in [6, 6.07) is 7.56. The molecule has 0 saturated heterocycles. The third-order valence-corrected chi connectivity index (χ3v) is 3.25. The highest BCUT2D eigenvalue weighted by molar-refractivity contribution is 6.30. The summed E-state index contributed by atoms with van der Waals surface area (Å²) in [4.78, 5) is 11.9. The van der Waals surface area contributed by atoms with Crippen molar-refractivity contribution in [2.45, 2.75) is 33.2 Å². The molecule has 0 unspecified atom stereocenters. The average Bonchev–Trinajstić information content (AvgIpc) is 2.83. The number of ether oxygens (including phenoxy) is 1. The number of aromatic nitrogens is 3. The maximum Gasteiger partial charge on any atom is 0.360 e. The predicted molar refractivity (Wildman–Crippen MR) is 80.5 cm³/mol. The molecule has 1 heterocycles. The topological polar surface area (TPSA) is 57.0 Å².